The Bertz CT molecular complexity index is 841. The van der Waals surface area contributed by atoms with E-state index >= 15 is 0 Å². The summed E-state index contributed by atoms with van der Waals surface area (Å²) in [6.45, 7) is 1.95. The lowest BCUT2D eigenvalue weighted by atomic mass is 10.1. The van der Waals surface area contributed by atoms with Crippen molar-refractivity contribution in [3.63, 3.8) is 0 Å². The Balaban J connectivity index is 1.91. The van der Waals surface area contributed by atoms with E-state index in [2.05, 4.69) is 10.3 Å². The minimum absolute atomic E-state index is 0.0547. The Kier molecular flexibility index (Phi) is 3.44. The van der Waals surface area contributed by atoms with Gasteiger partial charge in [0.25, 0.3) is 5.56 Å². The van der Waals surface area contributed by atoms with Gasteiger partial charge in [0.05, 0.1) is 0 Å². The molecular formula is C17H15FN2O. The number of nitrogens with one attached hydrogen (secondary N) is 2. The molecule has 3 aromatic rings. The summed E-state index contributed by atoms with van der Waals surface area (Å²) in [6.07, 6.45) is 1.63. The van der Waals surface area contributed by atoms with E-state index in [1.54, 1.807) is 12.3 Å². The maximum atomic E-state index is 13.3. The summed E-state index contributed by atoms with van der Waals surface area (Å²) in [5.41, 5.74) is 1.57. The van der Waals surface area contributed by atoms with Crippen molar-refractivity contribution in [1.82, 2.24) is 4.98 Å². The summed E-state index contributed by atoms with van der Waals surface area (Å²) in [6, 6.07) is 13.9. The first-order chi connectivity index (χ1) is 10.1. The highest BCUT2D eigenvalue weighted by molar-refractivity contribution is 5.84. The number of aromatic nitrogens is 1. The van der Waals surface area contributed by atoms with Gasteiger partial charge < -0.3 is 10.3 Å². The van der Waals surface area contributed by atoms with E-state index in [1.165, 1.54) is 12.1 Å². The number of benzene rings is 2. The molecule has 1 heterocycles. The third kappa shape index (κ3) is 2.79. The van der Waals surface area contributed by atoms with Crippen LogP contribution in [0.15, 0.2) is 59.5 Å². The molecule has 0 saturated carbocycles. The molecule has 1 unspecified atom stereocenters. The third-order valence-corrected chi connectivity index (χ3v) is 3.51. The van der Waals surface area contributed by atoms with E-state index in [1.807, 2.05) is 37.3 Å². The van der Waals surface area contributed by atoms with Crippen molar-refractivity contribution in [2.24, 2.45) is 0 Å². The predicted molar refractivity (Wildman–Crippen MR) is 83.0 cm³/mol. The number of pyridine rings is 1. The number of rotatable bonds is 3. The van der Waals surface area contributed by atoms with Crippen molar-refractivity contribution >= 4 is 16.5 Å². The Labute approximate surface area is 121 Å². The Morgan fingerprint density at radius 3 is 2.81 bits per heavy atom. The van der Waals surface area contributed by atoms with Gasteiger partial charge in [0.1, 0.15) is 5.82 Å². The Hall–Kier alpha value is -2.62. The number of halogens is 1. The van der Waals surface area contributed by atoms with Crippen LogP contribution in [0.25, 0.3) is 10.8 Å². The lowest BCUT2D eigenvalue weighted by molar-refractivity contribution is 0.623. The van der Waals surface area contributed by atoms with Gasteiger partial charge in [0, 0.05) is 23.3 Å². The average molecular weight is 282 g/mol. The monoisotopic (exact) mass is 282 g/mol. The Morgan fingerprint density at radius 1 is 1.14 bits per heavy atom. The van der Waals surface area contributed by atoms with E-state index in [-0.39, 0.29) is 17.4 Å². The highest BCUT2D eigenvalue weighted by atomic mass is 19.1. The van der Waals surface area contributed by atoms with E-state index < -0.39 is 0 Å². The predicted octanol–water partition coefficient (Wildman–Crippen LogP) is 3.84. The molecule has 0 radical (unpaired) electrons. The van der Waals surface area contributed by atoms with Crippen LogP contribution in [0.5, 0.6) is 0 Å². The summed E-state index contributed by atoms with van der Waals surface area (Å²) in [5, 5.41) is 4.81. The molecule has 0 aliphatic rings. The van der Waals surface area contributed by atoms with Gasteiger partial charge in [-0.15, -0.1) is 0 Å². The van der Waals surface area contributed by atoms with Crippen molar-refractivity contribution in [1.29, 1.82) is 0 Å². The van der Waals surface area contributed by atoms with E-state index in [9.17, 15) is 9.18 Å². The summed E-state index contributed by atoms with van der Waals surface area (Å²) < 4.78 is 13.3. The van der Waals surface area contributed by atoms with E-state index in [4.69, 9.17) is 0 Å². The maximum Gasteiger partial charge on any atom is 0.255 e. The molecule has 1 atom stereocenters. The summed E-state index contributed by atoms with van der Waals surface area (Å²) in [4.78, 5) is 14.5. The van der Waals surface area contributed by atoms with Gasteiger partial charge in [-0.1, -0.05) is 18.2 Å². The van der Waals surface area contributed by atoms with Gasteiger partial charge in [0.2, 0.25) is 0 Å². The zero-order chi connectivity index (χ0) is 14.8. The number of anilines is 1. The standard InChI is InChI=1S/C17H15FN2O/c1-11(13-3-2-4-14(18)9-13)20-15-6-5-12-7-8-19-17(21)16(12)10-15/h2-11,20H,1H3,(H,19,21). The smallest absolute Gasteiger partial charge is 0.255 e. The Morgan fingerprint density at radius 2 is 2.00 bits per heavy atom. The van der Waals surface area contributed by atoms with Crippen LogP contribution in [0.4, 0.5) is 10.1 Å². The number of aromatic amines is 1. The lowest BCUT2D eigenvalue weighted by Crippen LogP contribution is -2.08. The van der Waals surface area contributed by atoms with Crippen LogP contribution in [-0.4, -0.2) is 4.98 Å². The molecular weight excluding hydrogens is 267 g/mol. The van der Waals surface area contributed by atoms with Gasteiger partial charge in [0.15, 0.2) is 0 Å². The van der Waals surface area contributed by atoms with E-state index in [0.29, 0.717) is 5.39 Å². The van der Waals surface area contributed by atoms with Crippen LogP contribution >= 0.6 is 0 Å². The number of hydrogen-bond acceptors (Lipinski definition) is 2. The van der Waals surface area contributed by atoms with Gasteiger partial charge in [-0.25, -0.2) is 4.39 Å². The first kappa shape index (κ1) is 13.4. The molecule has 21 heavy (non-hydrogen) atoms. The second-order valence-electron chi connectivity index (χ2n) is 5.03. The van der Waals surface area contributed by atoms with Crippen molar-refractivity contribution < 1.29 is 4.39 Å². The molecule has 0 bridgehead atoms. The van der Waals surface area contributed by atoms with Crippen LogP contribution in [0.2, 0.25) is 0 Å². The average Bonchev–Trinajstić information content (AvgIpc) is 2.48. The van der Waals surface area contributed by atoms with Crippen LogP contribution in [-0.2, 0) is 0 Å². The molecule has 1 aromatic heterocycles. The molecule has 4 heteroatoms. The molecule has 0 spiro atoms. The molecule has 0 saturated heterocycles. The minimum Gasteiger partial charge on any atom is -0.378 e. The summed E-state index contributed by atoms with van der Waals surface area (Å²) in [5.74, 6) is -0.254. The fourth-order valence-electron chi connectivity index (χ4n) is 2.38. The first-order valence-electron chi connectivity index (χ1n) is 6.77. The fourth-order valence-corrected chi connectivity index (χ4v) is 2.38. The first-order valence-corrected chi connectivity index (χ1v) is 6.77. The second-order valence-corrected chi connectivity index (χ2v) is 5.03. The third-order valence-electron chi connectivity index (χ3n) is 3.51. The minimum atomic E-state index is -0.254. The SMILES string of the molecule is CC(Nc1ccc2cc[nH]c(=O)c2c1)c1cccc(F)c1. The molecule has 0 fully saturated rings. The number of hydrogen-bond donors (Lipinski definition) is 2. The van der Waals surface area contributed by atoms with Crippen molar-refractivity contribution in [2.45, 2.75) is 13.0 Å². The lowest BCUT2D eigenvalue weighted by Gasteiger charge is -2.16. The number of fused-ring (bicyclic) bond motifs is 1. The van der Waals surface area contributed by atoms with Crippen molar-refractivity contribution in [3.05, 3.63) is 76.5 Å². The normalized spacial score (nSPS) is 12.3. The highest BCUT2D eigenvalue weighted by Gasteiger charge is 2.07. The van der Waals surface area contributed by atoms with Gasteiger partial charge >= 0.3 is 0 Å². The molecule has 2 aromatic carbocycles. The van der Waals surface area contributed by atoms with Gasteiger partial charge in [-0.2, -0.15) is 0 Å². The van der Waals surface area contributed by atoms with Crippen molar-refractivity contribution in [3.8, 4) is 0 Å². The zero-order valence-electron chi connectivity index (χ0n) is 11.6. The molecule has 106 valence electrons. The largest absolute Gasteiger partial charge is 0.378 e. The molecule has 0 amide bonds. The fraction of sp³-hybridized carbons (Fsp3) is 0.118. The van der Waals surface area contributed by atoms with Crippen molar-refractivity contribution in [2.75, 3.05) is 5.32 Å². The van der Waals surface area contributed by atoms with E-state index in [0.717, 1.165) is 16.6 Å². The van der Waals surface area contributed by atoms with Crippen LogP contribution in [0, 0.1) is 5.82 Å². The molecule has 0 aliphatic heterocycles. The summed E-state index contributed by atoms with van der Waals surface area (Å²) >= 11 is 0. The maximum absolute atomic E-state index is 13.3. The van der Waals surface area contributed by atoms with Gasteiger partial charge in [-0.3, -0.25) is 4.79 Å². The van der Waals surface area contributed by atoms with Crippen LogP contribution < -0.4 is 10.9 Å². The van der Waals surface area contributed by atoms with Crippen LogP contribution in [0.1, 0.15) is 18.5 Å². The van der Waals surface area contributed by atoms with Gasteiger partial charge in [-0.05, 0) is 48.2 Å². The zero-order valence-corrected chi connectivity index (χ0v) is 11.6. The second kappa shape index (κ2) is 5.40. The van der Waals surface area contributed by atoms with Crippen LogP contribution in [0.3, 0.4) is 0 Å². The topological polar surface area (TPSA) is 44.9 Å². The molecule has 2 N–H and O–H groups in total. The molecule has 3 nitrogen and oxygen atoms in total. The number of H-pyrrole nitrogens is 1. The molecule has 3 rings (SSSR count). The quantitative estimate of drug-likeness (QED) is 0.766. The summed E-state index contributed by atoms with van der Waals surface area (Å²) in [7, 11) is 0. The molecule has 0 aliphatic carbocycles. The highest BCUT2D eigenvalue weighted by Crippen LogP contribution is 2.22.